The summed E-state index contributed by atoms with van der Waals surface area (Å²) in [5.41, 5.74) is -7.65. The SMILES string of the molecule is COCc1c(C(=O)O)c(C(F)F)nc(C(F)(F)F)c1C(=O)O. The number of pyridine rings is 1. The zero-order valence-electron chi connectivity index (χ0n) is 10.7. The van der Waals surface area contributed by atoms with Crippen LogP contribution >= 0.6 is 0 Å². The highest BCUT2D eigenvalue weighted by Crippen LogP contribution is 2.36. The molecule has 1 heterocycles. The lowest BCUT2D eigenvalue weighted by Gasteiger charge is -2.18. The lowest BCUT2D eigenvalue weighted by Crippen LogP contribution is -2.23. The van der Waals surface area contributed by atoms with Gasteiger partial charge in [0.1, 0.15) is 5.69 Å². The molecule has 1 rings (SSSR count). The van der Waals surface area contributed by atoms with Crippen molar-refractivity contribution in [3.8, 4) is 0 Å². The molecule has 0 aliphatic rings. The summed E-state index contributed by atoms with van der Waals surface area (Å²) in [6.45, 7) is -0.922. The number of hydrogen-bond donors (Lipinski definition) is 2. The van der Waals surface area contributed by atoms with Gasteiger partial charge in [0.15, 0.2) is 5.69 Å². The fraction of sp³-hybridized carbons (Fsp3) is 0.364. The summed E-state index contributed by atoms with van der Waals surface area (Å²) in [6.07, 6.45) is -9.01. The van der Waals surface area contributed by atoms with Crippen LogP contribution in [0.1, 0.15) is 44.1 Å². The lowest BCUT2D eigenvalue weighted by atomic mass is 9.98. The fourth-order valence-corrected chi connectivity index (χ4v) is 1.78. The van der Waals surface area contributed by atoms with Gasteiger partial charge in [-0.1, -0.05) is 0 Å². The van der Waals surface area contributed by atoms with E-state index >= 15 is 0 Å². The number of carboxylic acids is 2. The van der Waals surface area contributed by atoms with Gasteiger partial charge in [-0.3, -0.25) is 0 Å². The molecule has 1 aromatic heterocycles. The molecule has 22 heavy (non-hydrogen) atoms. The number of halogens is 5. The maximum Gasteiger partial charge on any atom is 0.434 e. The van der Waals surface area contributed by atoms with E-state index in [-0.39, 0.29) is 0 Å². The maximum absolute atomic E-state index is 12.8. The second-order valence-electron chi connectivity index (χ2n) is 3.92. The predicted molar refractivity (Wildman–Crippen MR) is 58.8 cm³/mol. The second kappa shape index (κ2) is 6.22. The van der Waals surface area contributed by atoms with Crippen LogP contribution in [0.15, 0.2) is 0 Å². The molecule has 0 bridgehead atoms. The van der Waals surface area contributed by atoms with Crippen LogP contribution in [0.3, 0.4) is 0 Å². The molecule has 1 aromatic rings. The van der Waals surface area contributed by atoms with Crippen LogP contribution in [-0.4, -0.2) is 34.2 Å². The van der Waals surface area contributed by atoms with Gasteiger partial charge < -0.3 is 14.9 Å². The zero-order valence-corrected chi connectivity index (χ0v) is 10.7. The van der Waals surface area contributed by atoms with Crippen LogP contribution in [0.4, 0.5) is 22.0 Å². The molecule has 0 saturated carbocycles. The molecule has 0 radical (unpaired) electrons. The number of nitrogens with zero attached hydrogens (tertiary/aromatic N) is 1. The van der Waals surface area contributed by atoms with Crippen LogP contribution in [0.25, 0.3) is 0 Å². The second-order valence-corrected chi connectivity index (χ2v) is 3.92. The van der Waals surface area contributed by atoms with E-state index in [1.54, 1.807) is 0 Å². The third-order valence-corrected chi connectivity index (χ3v) is 2.52. The smallest absolute Gasteiger partial charge is 0.434 e. The molecule has 0 amide bonds. The highest BCUT2D eigenvalue weighted by atomic mass is 19.4. The van der Waals surface area contributed by atoms with Gasteiger partial charge in [0.2, 0.25) is 0 Å². The van der Waals surface area contributed by atoms with Gasteiger partial charge in [-0.2, -0.15) is 13.2 Å². The van der Waals surface area contributed by atoms with Gasteiger partial charge in [-0.25, -0.2) is 23.4 Å². The Hall–Kier alpha value is -2.30. The number of ether oxygens (including phenoxy) is 1. The molecule has 0 unspecified atom stereocenters. The van der Waals surface area contributed by atoms with E-state index in [1.165, 1.54) is 0 Å². The molecule has 11 heteroatoms. The highest BCUT2D eigenvalue weighted by molar-refractivity contribution is 5.98. The topological polar surface area (TPSA) is 96.7 Å². The number of hydrogen-bond acceptors (Lipinski definition) is 4. The average molecular weight is 329 g/mol. The molecule has 6 nitrogen and oxygen atoms in total. The Bertz CT molecular complexity index is 614. The Kier molecular flexibility index (Phi) is 5.02. The Morgan fingerprint density at radius 2 is 1.68 bits per heavy atom. The van der Waals surface area contributed by atoms with Crippen molar-refractivity contribution in [2.75, 3.05) is 7.11 Å². The van der Waals surface area contributed by atoms with Gasteiger partial charge in [-0.05, 0) is 0 Å². The van der Waals surface area contributed by atoms with E-state index in [0.717, 1.165) is 7.11 Å². The molecule has 0 aliphatic carbocycles. The molecule has 0 aromatic carbocycles. The Balaban J connectivity index is 3.98. The van der Waals surface area contributed by atoms with E-state index in [1.807, 2.05) is 0 Å². The van der Waals surface area contributed by atoms with Gasteiger partial charge >= 0.3 is 18.1 Å². The minimum absolute atomic E-state index is 0.922. The van der Waals surface area contributed by atoms with Crippen molar-refractivity contribution in [1.29, 1.82) is 0 Å². The first kappa shape index (κ1) is 17.8. The number of alkyl halides is 5. The van der Waals surface area contributed by atoms with Gasteiger partial charge in [0.05, 0.1) is 17.7 Å². The molecule has 0 aliphatic heterocycles. The molecular formula is C11H8F5NO5. The number of aromatic carboxylic acids is 2. The van der Waals surface area contributed by atoms with Crippen LogP contribution < -0.4 is 0 Å². The van der Waals surface area contributed by atoms with Crippen molar-refractivity contribution in [3.05, 3.63) is 28.1 Å². The summed E-state index contributed by atoms with van der Waals surface area (Å²) in [6, 6.07) is 0. The number of carbonyl (C=O) groups is 2. The van der Waals surface area contributed by atoms with Crippen molar-refractivity contribution in [2.45, 2.75) is 19.2 Å². The molecule has 2 N–H and O–H groups in total. The predicted octanol–water partition coefficient (Wildman–Crippen LogP) is 2.58. The Morgan fingerprint density at radius 3 is 2.00 bits per heavy atom. The number of methoxy groups -OCH3 is 1. The average Bonchev–Trinajstić information content (AvgIpc) is 2.35. The zero-order chi connectivity index (χ0) is 17.2. The van der Waals surface area contributed by atoms with Crippen molar-refractivity contribution in [3.63, 3.8) is 0 Å². The van der Waals surface area contributed by atoms with E-state index in [0.29, 0.717) is 0 Å². The quantitative estimate of drug-likeness (QED) is 0.806. The van der Waals surface area contributed by atoms with Gasteiger partial charge in [0, 0.05) is 12.7 Å². The standard InChI is InChI=1S/C11H8F5NO5/c1-22-2-3-4(9(18)19)6(8(12)13)17-7(11(14,15)16)5(3)10(20)21/h8H,2H2,1H3,(H,18,19)(H,20,21). The molecule has 122 valence electrons. The van der Waals surface area contributed by atoms with Crippen molar-refractivity contribution >= 4 is 11.9 Å². The maximum atomic E-state index is 12.8. The summed E-state index contributed by atoms with van der Waals surface area (Å²) in [4.78, 5) is 24.6. The van der Waals surface area contributed by atoms with Crippen molar-refractivity contribution in [2.24, 2.45) is 0 Å². The Morgan fingerprint density at radius 1 is 1.18 bits per heavy atom. The summed E-state index contributed by atoms with van der Waals surface area (Å²) in [5, 5.41) is 17.8. The number of carboxylic acid groups (broad SMARTS) is 2. The normalized spacial score (nSPS) is 11.8. The Labute approximate surface area is 119 Å². The number of aromatic nitrogens is 1. The van der Waals surface area contributed by atoms with Crippen molar-refractivity contribution in [1.82, 2.24) is 4.98 Å². The van der Waals surface area contributed by atoms with Gasteiger partial charge in [0.25, 0.3) is 6.43 Å². The van der Waals surface area contributed by atoms with Crippen LogP contribution in [0.5, 0.6) is 0 Å². The van der Waals surface area contributed by atoms with Crippen LogP contribution in [-0.2, 0) is 17.5 Å². The summed E-state index contributed by atoms with van der Waals surface area (Å²) < 4.78 is 68.6. The van der Waals surface area contributed by atoms with E-state index < -0.39 is 59.2 Å². The third-order valence-electron chi connectivity index (χ3n) is 2.52. The summed E-state index contributed by atoms with van der Waals surface area (Å²) >= 11 is 0. The molecule has 0 spiro atoms. The van der Waals surface area contributed by atoms with E-state index in [2.05, 4.69) is 9.72 Å². The molecule has 0 fully saturated rings. The minimum Gasteiger partial charge on any atom is -0.478 e. The largest absolute Gasteiger partial charge is 0.478 e. The molecular weight excluding hydrogens is 321 g/mol. The lowest BCUT2D eigenvalue weighted by molar-refractivity contribution is -0.142. The first-order chi connectivity index (χ1) is 10.0. The molecule has 0 atom stereocenters. The number of rotatable bonds is 5. The first-order valence-electron chi connectivity index (χ1n) is 5.40. The minimum atomic E-state index is -5.36. The highest BCUT2D eigenvalue weighted by Gasteiger charge is 2.42. The van der Waals surface area contributed by atoms with Gasteiger partial charge in [-0.15, -0.1) is 0 Å². The van der Waals surface area contributed by atoms with Crippen LogP contribution in [0.2, 0.25) is 0 Å². The van der Waals surface area contributed by atoms with Crippen molar-refractivity contribution < 1.29 is 46.5 Å². The fourth-order valence-electron chi connectivity index (χ4n) is 1.78. The van der Waals surface area contributed by atoms with Crippen LogP contribution in [0, 0.1) is 0 Å². The first-order valence-corrected chi connectivity index (χ1v) is 5.40. The summed E-state index contributed by atoms with van der Waals surface area (Å²) in [5.74, 6) is -4.19. The third kappa shape index (κ3) is 3.30. The molecule has 0 saturated heterocycles. The van der Waals surface area contributed by atoms with E-state index in [9.17, 15) is 31.5 Å². The van der Waals surface area contributed by atoms with E-state index in [4.69, 9.17) is 10.2 Å². The monoisotopic (exact) mass is 329 g/mol. The summed E-state index contributed by atoms with van der Waals surface area (Å²) in [7, 11) is 0.937.